The van der Waals surface area contributed by atoms with Crippen molar-refractivity contribution in [3.05, 3.63) is 75.8 Å². The van der Waals surface area contributed by atoms with Crippen molar-refractivity contribution < 1.29 is 23.7 Å². The molecule has 232 valence electrons. The van der Waals surface area contributed by atoms with Gasteiger partial charge in [0.2, 0.25) is 0 Å². The molecule has 0 radical (unpaired) electrons. The van der Waals surface area contributed by atoms with Gasteiger partial charge in [0.05, 0.1) is 39.6 Å². The zero-order valence-corrected chi connectivity index (χ0v) is 26.5. The van der Waals surface area contributed by atoms with Gasteiger partial charge in [-0.2, -0.15) is 5.10 Å². The van der Waals surface area contributed by atoms with Gasteiger partial charge < -0.3 is 28.4 Å². The van der Waals surface area contributed by atoms with E-state index in [0.29, 0.717) is 36.6 Å². The van der Waals surface area contributed by atoms with Gasteiger partial charge in [0.1, 0.15) is 28.4 Å². The van der Waals surface area contributed by atoms with E-state index < -0.39 is 5.60 Å². The van der Waals surface area contributed by atoms with Crippen LogP contribution in [0.4, 0.5) is 4.79 Å². The van der Waals surface area contributed by atoms with Crippen molar-refractivity contribution in [2.45, 2.75) is 45.8 Å². The number of ether oxygens (including phenoxy) is 4. The number of likely N-dealkylation sites (tertiary alicyclic amines) is 1. The minimum Gasteiger partial charge on any atom is -0.497 e. The molecule has 1 fully saturated rings. The number of aromatic nitrogens is 3. The van der Waals surface area contributed by atoms with Gasteiger partial charge in [-0.15, -0.1) is 0 Å². The summed E-state index contributed by atoms with van der Waals surface area (Å²) in [4.78, 5) is 27.6. The molecule has 4 aromatic rings. The standard InChI is InChI=1S/C34H40N4O6/c1-34(2,3)44-33(40)37-14-12-22(13-15-37)16-26-29(42-6)17-24(18-30(26)43-7)28-21-36(4)32(39)31-27(28)19-35-38(31)20-23-8-10-25(41-5)11-9-23/h8-11,16-19,21H,12-15,20H2,1-7H3. The lowest BCUT2D eigenvalue weighted by molar-refractivity contribution is 0.0237. The normalized spacial score (nSPS) is 13.6. The van der Waals surface area contributed by atoms with Gasteiger partial charge in [-0.3, -0.25) is 9.48 Å². The molecule has 3 heterocycles. The van der Waals surface area contributed by atoms with E-state index in [1.54, 1.807) is 48.7 Å². The van der Waals surface area contributed by atoms with Crippen LogP contribution in [0.15, 0.2) is 59.2 Å². The Kier molecular flexibility index (Phi) is 8.71. The monoisotopic (exact) mass is 600 g/mol. The molecule has 1 saturated heterocycles. The van der Waals surface area contributed by atoms with Gasteiger partial charge in [0.15, 0.2) is 0 Å². The van der Waals surface area contributed by atoms with E-state index in [-0.39, 0.29) is 11.7 Å². The Labute approximate surface area is 257 Å². The van der Waals surface area contributed by atoms with E-state index in [1.165, 1.54) is 5.57 Å². The number of fused-ring (bicyclic) bond motifs is 1. The van der Waals surface area contributed by atoms with E-state index in [0.717, 1.165) is 46.2 Å². The lowest BCUT2D eigenvalue weighted by Crippen LogP contribution is -2.40. The number of carbonyl (C=O) groups excluding carboxylic acids is 1. The van der Waals surface area contributed by atoms with Crippen LogP contribution in [0, 0.1) is 0 Å². The molecule has 0 aliphatic carbocycles. The molecule has 0 spiro atoms. The minimum atomic E-state index is -0.526. The van der Waals surface area contributed by atoms with Crippen LogP contribution in [0.3, 0.4) is 0 Å². The first-order chi connectivity index (χ1) is 21.0. The Hall–Kier alpha value is -4.73. The first-order valence-electron chi connectivity index (χ1n) is 14.6. The molecule has 0 bridgehead atoms. The van der Waals surface area contributed by atoms with E-state index in [4.69, 9.17) is 18.9 Å². The summed E-state index contributed by atoms with van der Waals surface area (Å²) >= 11 is 0. The topological polar surface area (TPSA) is 97.1 Å². The van der Waals surface area contributed by atoms with Crippen LogP contribution >= 0.6 is 0 Å². The van der Waals surface area contributed by atoms with Gasteiger partial charge in [0.25, 0.3) is 5.56 Å². The van der Waals surface area contributed by atoms with Crippen molar-refractivity contribution in [2.24, 2.45) is 7.05 Å². The number of rotatable bonds is 7. The molecule has 0 atom stereocenters. The van der Waals surface area contributed by atoms with Crippen LogP contribution in [0.1, 0.15) is 44.7 Å². The SMILES string of the molecule is COc1ccc(Cn2ncc3c(-c4cc(OC)c(C=C5CCN(C(=O)OC(C)(C)C)CC5)c(OC)c4)cn(C)c(=O)c32)cc1. The molecule has 44 heavy (non-hydrogen) atoms. The number of aryl methyl sites for hydroxylation is 1. The highest BCUT2D eigenvalue weighted by molar-refractivity contribution is 5.95. The Morgan fingerprint density at radius 2 is 1.61 bits per heavy atom. The van der Waals surface area contributed by atoms with E-state index in [2.05, 4.69) is 11.2 Å². The first-order valence-corrected chi connectivity index (χ1v) is 14.6. The molecule has 1 aliphatic heterocycles. The molecule has 0 unspecified atom stereocenters. The number of amides is 1. The minimum absolute atomic E-state index is 0.132. The Balaban J connectivity index is 1.47. The quantitative estimate of drug-likeness (QED) is 0.261. The lowest BCUT2D eigenvalue weighted by Gasteiger charge is -2.31. The number of hydrogen-bond donors (Lipinski definition) is 0. The number of benzene rings is 2. The third-order valence-electron chi connectivity index (χ3n) is 7.73. The summed E-state index contributed by atoms with van der Waals surface area (Å²) in [5.41, 5.74) is 4.56. The number of piperidine rings is 1. The first kappa shape index (κ1) is 30.7. The summed E-state index contributed by atoms with van der Waals surface area (Å²) in [5.74, 6) is 2.06. The average molecular weight is 601 g/mol. The number of pyridine rings is 1. The highest BCUT2D eigenvalue weighted by Gasteiger charge is 2.25. The fraction of sp³-hybridized carbons (Fsp3) is 0.382. The number of hydrogen-bond acceptors (Lipinski definition) is 7. The molecule has 10 heteroatoms. The summed E-state index contributed by atoms with van der Waals surface area (Å²) in [6.07, 6.45) is 6.82. The van der Waals surface area contributed by atoms with Crippen molar-refractivity contribution >= 4 is 23.1 Å². The highest BCUT2D eigenvalue weighted by Crippen LogP contribution is 2.39. The fourth-order valence-electron chi connectivity index (χ4n) is 5.44. The van der Waals surface area contributed by atoms with Crippen molar-refractivity contribution in [1.29, 1.82) is 0 Å². The van der Waals surface area contributed by atoms with Crippen LogP contribution < -0.4 is 19.8 Å². The van der Waals surface area contributed by atoms with Crippen molar-refractivity contribution in [1.82, 2.24) is 19.2 Å². The number of methoxy groups -OCH3 is 3. The molecule has 0 N–H and O–H groups in total. The zero-order chi connectivity index (χ0) is 31.6. The Bertz CT molecular complexity index is 1730. The van der Waals surface area contributed by atoms with E-state index in [1.807, 2.05) is 63.4 Å². The van der Waals surface area contributed by atoms with Crippen LogP contribution in [0.5, 0.6) is 17.2 Å². The average Bonchev–Trinajstić information content (AvgIpc) is 3.42. The molecule has 1 aliphatic rings. The van der Waals surface area contributed by atoms with Crippen LogP contribution in [0.2, 0.25) is 0 Å². The van der Waals surface area contributed by atoms with Gasteiger partial charge in [-0.05, 0) is 75.1 Å². The molecular weight excluding hydrogens is 560 g/mol. The van der Waals surface area contributed by atoms with Gasteiger partial charge in [-0.1, -0.05) is 17.7 Å². The van der Waals surface area contributed by atoms with Crippen LogP contribution in [0.25, 0.3) is 28.1 Å². The summed E-state index contributed by atoms with van der Waals surface area (Å²) in [6, 6.07) is 11.6. The molecular formula is C34H40N4O6. The predicted octanol–water partition coefficient (Wildman–Crippen LogP) is 5.89. The maximum atomic E-state index is 13.3. The summed E-state index contributed by atoms with van der Waals surface area (Å²) in [5, 5.41) is 5.34. The maximum absolute atomic E-state index is 13.3. The van der Waals surface area contributed by atoms with E-state index in [9.17, 15) is 9.59 Å². The smallest absolute Gasteiger partial charge is 0.410 e. The third-order valence-corrected chi connectivity index (χ3v) is 7.73. The second-order valence-electron chi connectivity index (χ2n) is 11.9. The highest BCUT2D eigenvalue weighted by atomic mass is 16.6. The van der Waals surface area contributed by atoms with Gasteiger partial charge >= 0.3 is 6.09 Å². The fourth-order valence-corrected chi connectivity index (χ4v) is 5.44. The summed E-state index contributed by atoms with van der Waals surface area (Å²) in [6.45, 7) is 7.22. The zero-order valence-electron chi connectivity index (χ0n) is 26.5. The van der Waals surface area contributed by atoms with Crippen LogP contribution in [-0.2, 0) is 18.3 Å². The molecule has 2 aromatic carbocycles. The molecule has 2 aromatic heterocycles. The predicted molar refractivity (Wildman–Crippen MR) is 171 cm³/mol. The van der Waals surface area contributed by atoms with Crippen molar-refractivity contribution in [2.75, 3.05) is 34.4 Å². The summed E-state index contributed by atoms with van der Waals surface area (Å²) < 4.78 is 25.9. The number of nitrogens with zero attached hydrogens (tertiary/aromatic N) is 4. The molecule has 1 amide bonds. The Morgan fingerprint density at radius 3 is 2.18 bits per heavy atom. The van der Waals surface area contributed by atoms with Crippen LogP contribution in [-0.4, -0.2) is 65.4 Å². The van der Waals surface area contributed by atoms with Crippen molar-refractivity contribution in [3.8, 4) is 28.4 Å². The van der Waals surface area contributed by atoms with Crippen molar-refractivity contribution in [3.63, 3.8) is 0 Å². The van der Waals surface area contributed by atoms with Gasteiger partial charge in [-0.25, -0.2) is 4.79 Å². The second-order valence-corrected chi connectivity index (χ2v) is 11.9. The summed E-state index contributed by atoms with van der Waals surface area (Å²) in [7, 11) is 6.64. The second kappa shape index (κ2) is 12.5. The number of carbonyl (C=O) groups is 1. The molecule has 10 nitrogen and oxygen atoms in total. The maximum Gasteiger partial charge on any atom is 0.410 e. The largest absolute Gasteiger partial charge is 0.497 e. The van der Waals surface area contributed by atoms with Gasteiger partial charge in [0, 0.05) is 37.3 Å². The molecule has 0 saturated carbocycles. The Morgan fingerprint density at radius 1 is 0.977 bits per heavy atom. The third kappa shape index (κ3) is 6.44. The molecule has 5 rings (SSSR count). The van der Waals surface area contributed by atoms with E-state index >= 15 is 0 Å². The lowest BCUT2D eigenvalue weighted by atomic mass is 9.97.